The molecular formula is C15H8BrFN4O2S. The molecule has 0 aliphatic carbocycles. The van der Waals surface area contributed by atoms with Gasteiger partial charge in [0, 0.05) is 4.47 Å². The van der Waals surface area contributed by atoms with Crippen molar-refractivity contribution >= 4 is 47.7 Å². The molecular weight excluding hydrogens is 399 g/mol. The quantitative estimate of drug-likeness (QED) is 0.507. The normalized spacial score (nSPS) is 11.5. The van der Waals surface area contributed by atoms with Gasteiger partial charge in [0.05, 0.1) is 22.2 Å². The van der Waals surface area contributed by atoms with E-state index in [2.05, 4.69) is 35.9 Å². The minimum Gasteiger partial charge on any atom is -0.305 e. The second-order valence-electron chi connectivity index (χ2n) is 5.15. The molecule has 0 aliphatic heterocycles. The minimum atomic E-state index is -0.588. The minimum absolute atomic E-state index is 0.232. The van der Waals surface area contributed by atoms with Crippen LogP contribution in [0.2, 0.25) is 0 Å². The zero-order chi connectivity index (χ0) is 17.0. The molecule has 4 aromatic rings. The summed E-state index contributed by atoms with van der Waals surface area (Å²) >= 11 is 4.34. The standard InChI is InChI=1S/C15H8BrFN4O2S/c1-5-9-10-11(13(22)21-15(23)19-10)24-14(9)20-12(18-5)7-3-2-6(16)4-8(7)17/h2-4H,1H3,(H2,19,21,22,23). The third-order valence-electron chi connectivity index (χ3n) is 3.58. The van der Waals surface area contributed by atoms with Crippen LogP contribution < -0.4 is 11.2 Å². The van der Waals surface area contributed by atoms with Gasteiger partial charge in [-0.1, -0.05) is 15.9 Å². The number of aromatic nitrogens is 4. The summed E-state index contributed by atoms with van der Waals surface area (Å²) in [6, 6.07) is 4.63. The number of thiophene rings is 1. The van der Waals surface area contributed by atoms with Gasteiger partial charge in [0.2, 0.25) is 0 Å². The zero-order valence-electron chi connectivity index (χ0n) is 12.1. The summed E-state index contributed by atoms with van der Waals surface area (Å²) in [6.07, 6.45) is 0. The maximum absolute atomic E-state index is 14.2. The zero-order valence-corrected chi connectivity index (χ0v) is 14.5. The van der Waals surface area contributed by atoms with Crippen molar-refractivity contribution in [2.24, 2.45) is 0 Å². The number of hydrogen-bond acceptors (Lipinski definition) is 5. The number of nitrogens with one attached hydrogen (secondary N) is 2. The molecule has 0 fully saturated rings. The largest absolute Gasteiger partial charge is 0.326 e. The highest BCUT2D eigenvalue weighted by Crippen LogP contribution is 2.32. The average Bonchev–Trinajstić information content (AvgIpc) is 2.86. The average molecular weight is 407 g/mol. The van der Waals surface area contributed by atoms with Gasteiger partial charge in [-0.15, -0.1) is 11.3 Å². The molecule has 6 nitrogen and oxygen atoms in total. The SMILES string of the molecule is Cc1nc(-c2ccc(Br)cc2F)nc2sc3c(=O)[nH]c(=O)[nH]c3c12. The second kappa shape index (κ2) is 5.32. The van der Waals surface area contributed by atoms with E-state index in [1.165, 1.54) is 6.07 Å². The van der Waals surface area contributed by atoms with Gasteiger partial charge in [-0.25, -0.2) is 19.2 Å². The topological polar surface area (TPSA) is 91.5 Å². The van der Waals surface area contributed by atoms with E-state index in [4.69, 9.17) is 0 Å². The molecule has 2 N–H and O–H groups in total. The Morgan fingerprint density at radius 1 is 1.21 bits per heavy atom. The molecule has 0 unspecified atom stereocenters. The molecule has 9 heteroatoms. The Bertz CT molecular complexity index is 1240. The van der Waals surface area contributed by atoms with Crippen LogP contribution in [0.3, 0.4) is 0 Å². The summed E-state index contributed by atoms with van der Waals surface area (Å²) in [5.74, 6) is -0.217. The van der Waals surface area contributed by atoms with Crippen LogP contribution in [-0.2, 0) is 0 Å². The van der Waals surface area contributed by atoms with Crippen LogP contribution in [0.25, 0.3) is 31.8 Å². The number of fused-ring (bicyclic) bond motifs is 3. The van der Waals surface area contributed by atoms with Crippen molar-refractivity contribution in [3.05, 3.63) is 55.0 Å². The highest BCUT2D eigenvalue weighted by molar-refractivity contribution is 9.10. The van der Waals surface area contributed by atoms with Crippen molar-refractivity contribution in [2.45, 2.75) is 6.92 Å². The predicted molar refractivity (Wildman–Crippen MR) is 94.0 cm³/mol. The van der Waals surface area contributed by atoms with E-state index in [1.807, 2.05) is 0 Å². The highest BCUT2D eigenvalue weighted by atomic mass is 79.9. The first-order valence-corrected chi connectivity index (χ1v) is 8.44. The molecule has 0 bridgehead atoms. The first-order valence-electron chi connectivity index (χ1n) is 6.83. The molecule has 0 radical (unpaired) electrons. The van der Waals surface area contributed by atoms with Gasteiger partial charge in [0.25, 0.3) is 5.56 Å². The summed E-state index contributed by atoms with van der Waals surface area (Å²) < 4.78 is 15.2. The number of halogens is 2. The molecule has 4 rings (SSSR count). The summed E-state index contributed by atoms with van der Waals surface area (Å²) in [7, 11) is 0. The lowest BCUT2D eigenvalue weighted by molar-refractivity contribution is 0.629. The van der Waals surface area contributed by atoms with Crippen molar-refractivity contribution in [3.63, 3.8) is 0 Å². The third kappa shape index (κ3) is 2.28. The predicted octanol–water partition coefficient (Wildman–Crippen LogP) is 3.10. The first-order chi connectivity index (χ1) is 11.4. The van der Waals surface area contributed by atoms with Crippen LogP contribution in [0.4, 0.5) is 4.39 Å². The number of rotatable bonds is 1. The first kappa shape index (κ1) is 15.2. The van der Waals surface area contributed by atoms with Gasteiger partial charge in [-0.05, 0) is 25.1 Å². The lowest BCUT2D eigenvalue weighted by atomic mass is 10.2. The number of aromatic amines is 2. The molecule has 1 aromatic carbocycles. The van der Waals surface area contributed by atoms with E-state index < -0.39 is 17.1 Å². The van der Waals surface area contributed by atoms with Crippen molar-refractivity contribution in [3.8, 4) is 11.4 Å². The third-order valence-corrected chi connectivity index (χ3v) is 5.15. The smallest absolute Gasteiger partial charge is 0.305 e. The molecule has 0 amide bonds. The van der Waals surface area contributed by atoms with E-state index in [9.17, 15) is 14.0 Å². The fourth-order valence-electron chi connectivity index (χ4n) is 2.54. The summed E-state index contributed by atoms with van der Waals surface area (Å²) in [4.78, 5) is 37.5. The lowest BCUT2D eigenvalue weighted by Gasteiger charge is -2.04. The Morgan fingerprint density at radius 3 is 2.75 bits per heavy atom. The molecule has 0 spiro atoms. The second-order valence-corrected chi connectivity index (χ2v) is 7.07. The van der Waals surface area contributed by atoms with Gasteiger partial charge < -0.3 is 4.98 Å². The van der Waals surface area contributed by atoms with Gasteiger partial charge in [-0.3, -0.25) is 9.78 Å². The van der Waals surface area contributed by atoms with Crippen LogP contribution in [0.15, 0.2) is 32.3 Å². The molecule has 0 atom stereocenters. The molecule has 24 heavy (non-hydrogen) atoms. The van der Waals surface area contributed by atoms with Gasteiger partial charge >= 0.3 is 5.69 Å². The van der Waals surface area contributed by atoms with Crippen LogP contribution in [0.5, 0.6) is 0 Å². The fourth-order valence-corrected chi connectivity index (χ4v) is 3.95. The van der Waals surface area contributed by atoms with Crippen molar-refractivity contribution in [1.29, 1.82) is 0 Å². The maximum Gasteiger partial charge on any atom is 0.326 e. The van der Waals surface area contributed by atoms with Crippen LogP contribution in [0.1, 0.15) is 5.69 Å². The van der Waals surface area contributed by atoms with Crippen LogP contribution in [0, 0.1) is 12.7 Å². The Balaban J connectivity index is 2.08. The van der Waals surface area contributed by atoms with Gasteiger partial charge in [0.15, 0.2) is 5.82 Å². The Hall–Kier alpha value is -2.39. The van der Waals surface area contributed by atoms with E-state index in [0.717, 1.165) is 11.3 Å². The number of aryl methyl sites for hydroxylation is 1. The van der Waals surface area contributed by atoms with Crippen LogP contribution >= 0.6 is 27.3 Å². The van der Waals surface area contributed by atoms with Crippen molar-refractivity contribution in [1.82, 2.24) is 19.9 Å². The molecule has 3 heterocycles. The van der Waals surface area contributed by atoms with Crippen LogP contribution in [-0.4, -0.2) is 19.9 Å². The molecule has 120 valence electrons. The van der Waals surface area contributed by atoms with E-state index in [-0.39, 0.29) is 11.4 Å². The van der Waals surface area contributed by atoms with E-state index >= 15 is 0 Å². The number of benzene rings is 1. The summed E-state index contributed by atoms with van der Waals surface area (Å²) in [5.41, 5.74) is 0.166. The number of hydrogen-bond donors (Lipinski definition) is 2. The Kier molecular flexibility index (Phi) is 3.36. The number of H-pyrrole nitrogens is 2. The monoisotopic (exact) mass is 406 g/mol. The highest BCUT2D eigenvalue weighted by Gasteiger charge is 2.17. The van der Waals surface area contributed by atoms with E-state index in [1.54, 1.807) is 19.1 Å². The Morgan fingerprint density at radius 2 is 2.00 bits per heavy atom. The summed E-state index contributed by atoms with van der Waals surface area (Å²) in [5, 5.41) is 0.597. The molecule has 0 aliphatic rings. The molecule has 3 aromatic heterocycles. The van der Waals surface area contributed by atoms with Crippen molar-refractivity contribution < 1.29 is 4.39 Å². The van der Waals surface area contributed by atoms with Crippen molar-refractivity contribution in [2.75, 3.05) is 0 Å². The van der Waals surface area contributed by atoms with Gasteiger partial charge in [-0.2, -0.15) is 0 Å². The molecule has 0 saturated heterocycles. The lowest BCUT2D eigenvalue weighted by Crippen LogP contribution is -2.20. The van der Waals surface area contributed by atoms with Gasteiger partial charge in [0.1, 0.15) is 15.3 Å². The Labute approximate surface area is 145 Å². The summed E-state index contributed by atoms with van der Waals surface area (Å²) in [6.45, 7) is 1.73. The number of nitrogens with zero attached hydrogens (tertiary/aromatic N) is 2. The maximum atomic E-state index is 14.2. The fraction of sp³-hybridized carbons (Fsp3) is 0.0667. The van der Waals surface area contributed by atoms with E-state index in [0.29, 0.717) is 30.6 Å². The molecule has 0 saturated carbocycles.